The predicted molar refractivity (Wildman–Crippen MR) is 40.2 cm³/mol. The number of hydrogen-bond acceptors (Lipinski definition) is 2. The highest BCUT2D eigenvalue weighted by Crippen LogP contribution is 2.15. The van der Waals surface area contributed by atoms with E-state index in [2.05, 4.69) is 5.32 Å². The quantitative estimate of drug-likeness (QED) is 0.614. The second-order valence-corrected chi connectivity index (χ2v) is 2.97. The van der Waals surface area contributed by atoms with Crippen molar-refractivity contribution in [1.29, 1.82) is 0 Å². The van der Waals surface area contributed by atoms with Gasteiger partial charge in [0.2, 0.25) is 5.91 Å². The zero-order chi connectivity index (χ0) is 10.1. The molecule has 0 saturated carbocycles. The number of nitrogens with one attached hydrogen (secondary N) is 1. The Kier molecular flexibility index (Phi) is 2.49. The Morgan fingerprint density at radius 1 is 1.62 bits per heavy atom. The van der Waals surface area contributed by atoms with Crippen LogP contribution in [0.2, 0.25) is 0 Å². The monoisotopic (exact) mass is 192 g/mol. The first-order valence-corrected chi connectivity index (χ1v) is 3.85. The summed E-state index contributed by atoms with van der Waals surface area (Å²) < 4.78 is 25.0. The highest BCUT2D eigenvalue weighted by atomic mass is 19.3. The third-order valence-electron chi connectivity index (χ3n) is 1.70. The number of alkyl halides is 2. The molecular weight excluding hydrogens is 182 g/mol. The maximum Gasteiger partial charge on any atom is 0.322 e. The Labute approximate surface area is 73.9 Å². The van der Waals surface area contributed by atoms with Crippen molar-refractivity contribution >= 4 is 11.8 Å². The molecule has 4 nitrogen and oxygen atoms in total. The van der Waals surface area contributed by atoms with Crippen molar-refractivity contribution in [1.82, 2.24) is 10.2 Å². The summed E-state index contributed by atoms with van der Waals surface area (Å²) in [7, 11) is 0. The molecule has 74 valence electrons. The Balaban J connectivity index is 2.62. The number of carbonyl (C=O) groups excluding carboxylic acids is 2. The number of nitrogens with zero attached hydrogens (tertiary/aromatic N) is 1. The molecule has 1 aliphatic heterocycles. The van der Waals surface area contributed by atoms with E-state index in [1.54, 1.807) is 0 Å². The van der Waals surface area contributed by atoms with E-state index in [4.69, 9.17) is 0 Å². The molecule has 6 heteroatoms. The second kappa shape index (κ2) is 3.27. The van der Waals surface area contributed by atoms with E-state index in [9.17, 15) is 18.4 Å². The van der Waals surface area contributed by atoms with Crippen LogP contribution in [0.4, 0.5) is 8.78 Å². The molecule has 0 atom stereocenters. The fourth-order valence-electron chi connectivity index (χ4n) is 1.09. The smallest absolute Gasteiger partial charge is 0.322 e. The van der Waals surface area contributed by atoms with Gasteiger partial charge in [-0.15, -0.1) is 0 Å². The highest BCUT2D eigenvalue weighted by molar-refractivity contribution is 5.89. The Hall–Kier alpha value is -1.20. The Bertz CT molecular complexity index is 237. The van der Waals surface area contributed by atoms with Crippen LogP contribution in [0.3, 0.4) is 0 Å². The van der Waals surface area contributed by atoms with Crippen LogP contribution in [-0.4, -0.2) is 42.3 Å². The van der Waals surface area contributed by atoms with Gasteiger partial charge in [0, 0.05) is 20.0 Å². The second-order valence-electron chi connectivity index (χ2n) is 2.97. The van der Waals surface area contributed by atoms with Crippen LogP contribution in [-0.2, 0) is 9.59 Å². The summed E-state index contributed by atoms with van der Waals surface area (Å²) in [5.74, 6) is -5.08. The minimum atomic E-state index is -3.39. The highest BCUT2D eigenvalue weighted by Gasteiger charge is 2.38. The molecule has 13 heavy (non-hydrogen) atoms. The van der Waals surface area contributed by atoms with E-state index in [1.165, 1.54) is 0 Å². The van der Waals surface area contributed by atoms with E-state index < -0.39 is 17.7 Å². The van der Waals surface area contributed by atoms with Crippen LogP contribution in [0.25, 0.3) is 0 Å². The summed E-state index contributed by atoms with van der Waals surface area (Å²) in [6.45, 7) is 0.638. The number of amides is 2. The molecule has 0 spiro atoms. The average Bonchev–Trinajstić information content (AvgIpc) is 2.01. The molecule has 0 bridgehead atoms. The van der Waals surface area contributed by atoms with Gasteiger partial charge in [0.05, 0.1) is 6.54 Å². The van der Waals surface area contributed by atoms with Gasteiger partial charge in [-0.3, -0.25) is 9.59 Å². The first-order valence-electron chi connectivity index (χ1n) is 3.85. The zero-order valence-electron chi connectivity index (χ0n) is 7.14. The largest absolute Gasteiger partial charge is 0.353 e. The normalized spacial score (nSPS) is 18.4. The topological polar surface area (TPSA) is 49.4 Å². The molecule has 0 radical (unpaired) electrons. The lowest BCUT2D eigenvalue weighted by atomic mass is 10.3. The maximum atomic E-state index is 12.5. The molecule has 2 amide bonds. The summed E-state index contributed by atoms with van der Waals surface area (Å²) in [5.41, 5.74) is 0. The molecule has 1 N–H and O–H groups in total. The van der Waals surface area contributed by atoms with Gasteiger partial charge in [0.25, 0.3) is 5.91 Å². The lowest BCUT2D eigenvalue weighted by Crippen LogP contribution is -2.53. The minimum absolute atomic E-state index is 0.147. The van der Waals surface area contributed by atoms with Crippen molar-refractivity contribution < 1.29 is 18.4 Å². The summed E-state index contributed by atoms with van der Waals surface area (Å²) in [5, 5.41) is 2.44. The van der Waals surface area contributed by atoms with Gasteiger partial charge in [-0.05, 0) is 0 Å². The molecule has 1 aliphatic rings. The van der Waals surface area contributed by atoms with Crippen LogP contribution >= 0.6 is 0 Å². The first-order chi connectivity index (χ1) is 5.91. The standard InChI is InChI=1S/C7H10F2N2O2/c1-7(8,9)6(13)11-3-2-10-5(12)4-11/h2-4H2,1H3,(H,10,12). The van der Waals surface area contributed by atoms with Crippen molar-refractivity contribution in [2.75, 3.05) is 19.6 Å². The molecule has 1 rings (SSSR count). The average molecular weight is 192 g/mol. The fraction of sp³-hybridized carbons (Fsp3) is 0.714. The number of halogens is 2. The Morgan fingerprint density at radius 2 is 2.23 bits per heavy atom. The molecule has 0 aliphatic carbocycles. The molecular formula is C7H10F2N2O2. The third kappa shape index (κ3) is 2.37. The van der Waals surface area contributed by atoms with E-state index in [0.29, 0.717) is 6.92 Å². The fourth-order valence-corrected chi connectivity index (χ4v) is 1.09. The van der Waals surface area contributed by atoms with E-state index >= 15 is 0 Å². The molecule has 0 unspecified atom stereocenters. The van der Waals surface area contributed by atoms with Crippen LogP contribution < -0.4 is 5.32 Å². The summed E-state index contributed by atoms with van der Waals surface area (Å²) in [4.78, 5) is 22.6. The number of piperazine rings is 1. The SMILES string of the molecule is CC(F)(F)C(=O)N1CCNC(=O)C1. The Morgan fingerprint density at radius 3 is 2.69 bits per heavy atom. The summed E-state index contributed by atoms with van der Waals surface area (Å²) in [6, 6.07) is 0. The van der Waals surface area contributed by atoms with Crippen molar-refractivity contribution in [3.05, 3.63) is 0 Å². The molecule has 1 heterocycles. The van der Waals surface area contributed by atoms with Crippen molar-refractivity contribution in [3.8, 4) is 0 Å². The van der Waals surface area contributed by atoms with Crippen LogP contribution in [0, 0.1) is 0 Å². The first kappa shape index (κ1) is 9.88. The van der Waals surface area contributed by atoms with Gasteiger partial charge < -0.3 is 10.2 Å². The maximum absolute atomic E-state index is 12.5. The predicted octanol–water partition coefficient (Wildman–Crippen LogP) is -0.400. The lowest BCUT2D eigenvalue weighted by molar-refractivity contribution is -0.157. The molecule has 0 aromatic heterocycles. The van der Waals surface area contributed by atoms with Crippen LogP contribution in [0.1, 0.15) is 6.92 Å². The van der Waals surface area contributed by atoms with E-state index in [1.807, 2.05) is 0 Å². The van der Waals surface area contributed by atoms with Crippen LogP contribution in [0.15, 0.2) is 0 Å². The molecule has 0 aromatic carbocycles. The third-order valence-corrected chi connectivity index (χ3v) is 1.70. The molecule has 1 saturated heterocycles. The molecule has 1 fully saturated rings. The van der Waals surface area contributed by atoms with Gasteiger partial charge in [-0.25, -0.2) is 0 Å². The van der Waals surface area contributed by atoms with Crippen molar-refractivity contribution in [2.45, 2.75) is 12.8 Å². The van der Waals surface area contributed by atoms with Gasteiger partial charge in [-0.2, -0.15) is 8.78 Å². The number of hydrogen-bond donors (Lipinski definition) is 1. The van der Waals surface area contributed by atoms with Gasteiger partial charge >= 0.3 is 5.92 Å². The summed E-state index contributed by atoms with van der Waals surface area (Å²) in [6.07, 6.45) is 0. The van der Waals surface area contributed by atoms with Crippen molar-refractivity contribution in [2.24, 2.45) is 0 Å². The minimum Gasteiger partial charge on any atom is -0.353 e. The number of carbonyl (C=O) groups is 2. The van der Waals surface area contributed by atoms with E-state index in [0.717, 1.165) is 4.90 Å². The molecule has 0 aromatic rings. The number of rotatable bonds is 1. The van der Waals surface area contributed by atoms with Crippen LogP contribution in [0.5, 0.6) is 0 Å². The van der Waals surface area contributed by atoms with E-state index in [-0.39, 0.29) is 19.6 Å². The zero-order valence-corrected chi connectivity index (χ0v) is 7.14. The summed E-state index contributed by atoms with van der Waals surface area (Å²) >= 11 is 0. The van der Waals surface area contributed by atoms with Crippen molar-refractivity contribution in [3.63, 3.8) is 0 Å². The van der Waals surface area contributed by atoms with Gasteiger partial charge in [0.1, 0.15) is 0 Å². The lowest BCUT2D eigenvalue weighted by Gasteiger charge is -2.28. The van der Waals surface area contributed by atoms with Gasteiger partial charge in [-0.1, -0.05) is 0 Å². The van der Waals surface area contributed by atoms with Gasteiger partial charge in [0.15, 0.2) is 0 Å².